The van der Waals surface area contributed by atoms with Gasteiger partial charge >= 0.3 is 5.97 Å². The Morgan fingerprint density at radius 2 is 1.86 bits per heavy atom. The summed E-state index contributed by atoms with van der Waals surface area (Å²) in [5.74, 6) is -1.47. The standard InChI is InChI=1S/C10H17N3O6S2/c1-7-10(8(2)13(12-7)6-9(14)15)21(18,19)11-4-5-20(3,16)17/h11H,4-6H2,1-3H3,(H,14,15). The largest absolute Gasteiger partial charge is 0.480 e. The van der Waals surface area contributed by atoms with Gasteiger partial charge in [-0.3, -0.25) is 9.48 Å². The van der Waals surface area contributed by atoms with Crippen LogP contribution in [-0.2, 0) is 31.2 Å². The second-order valence-electron chi connectivity index (χ2n) is 4.58. The van der Waals surface area contributed by atoms with Gasteiger partial charge in [0.1, 0.15) is 21.3 Å². The highest BCUT2D eigenvalue weighted by Gasteiger charge is 2.25. The van der Waals surface area contributed by atoms with Crippen LogP contribution in [0.2, 0.25) is 0 Å². The molecule has 2 N–H and O–H groups in total. The average Bonchev–Trinajstić information content (AvgIpc) is 2.50. The summed E-state index contributed by atoms with van der Waals surface area (Å²) in [6, 6.07) is 0. The van der Waals surface area contributed by atoms with Crippen LogP contribution in [0.25, 0.3) is 0 Å². The van der Waals surface area contributed by atoms with Gasteiger partial charge in [-0.2, -0.15) is 5.10 Å². The number of aliphatic carboxylic acids is 1. The van der Waals surface area contributed by atoms with E-state index in [1.165, 1.54) is 13.8 Å². The number of sulfone groups is 1. The smallest absolute Gasteiger partial charge is 0.325 e. The first-order chi connectivity index (χ1) is 9.44. The molecule has 1 aromatic heterocycles. The summed E-state index contributed by atoms with van der Waals surface area (Å²) in [5, 5.41) is 12.6. The molecule has 0 bridgehead atoms. The number of sulfonamides is 1. The molecule has 0 aliphatic carbocycles. The molecule has 0 aliphatic rings. The number of hydrogen-bond acceptors (Lipinski definition) is 6. The van der Waals surface area contributed by atoms with E-state index in [0.29, 0.717) is 0 Å². The van der Waals surface area contributed by atoms with Crippen molar-refractivity contribution in [3.63, 3.8) is 0 Å². The minimum atomic E-state index is -3.95. The number of rotatable bonds is 7. The molecule has 0 spiro atoms. The zero-order chi connectivity index (χ0) is 16.4. The van der Waals surface area contributed by atoms with Crippen LogP contribution in [0, 0.1) is 13.8 Å². The van der Waals surface area contributed by atoms with Crippen molar-refractivity contribution in [2.75, 3.05) is 18.6 Å². The third kappa shape index (κ3) is 4.79. The Hall–Kier alpha value is -1.46. The first-order valence-corrected chi connectivity index (χ1v) is 9.41. The molecule has 0 unspecified atom stereocenters. The van der Waals surface area contributed by atoms with Crippen molar-refractivity contribution in [3.8, 4) is 0 Å². The summed E-state index contributed by atoms with van der Waals surface area (Å²) < 4.78 is 49.5. The van der Waals surface area contributed by atoms with Crippen molar-refractivity contribution in [1.82, 2.24) is 14.5 Å². The van der Waals surface area contributed by atoms with Crippen LogP contribution in [0.15, 0.2) is 4.90 Å². The topological polar surface area (TPSA) is 135 Å². The van der Waals surface area contributed by atoms with E-state index in [1.54, 1.807) is 0 Å². The van der Waals surface area contributed by atoms with E-state index in [0.717, 1.165) is 10.9 Å². The van der Waals surface area contributed by atoms with Crippen LogP contribution in [-0.4, -0.2) is 56.2 Å². The Balaban J connectivity index is 3.03. The molecule has 0 fully saturated rings. The number of carboxylic acid groups (broad SMARTS) is 1. The van der Waals surface area contributed by atoms with Crippen LogP contribution in [0.5, 0.6) is 0 Å². The molecule has 0 aliphatic heterocycles. The molecule has 0 atom stereocenters. The second kappa shape index (κ2) is 6.12. The number of nitrogens with zero attached hydrogens (tertiary/aromatic N) is 2. The van der Waals surface area contributed by atoms with E-state index in [1.807, 2.05) is 0 Å². The molecule has 1 heterocycles. The SMILES string of the molecule is Cc1nn(CC(=O)O)c(C)c1S(=O)(=O)NCCS(C)(=O)=O. The normalized spacial score (nSPS) is 12.5. The van der Waals surface area contributed by atoms with Crippen molar-refractivity contribution in [2.45, 2.75) is 25.3 Å². The van der Waals surface area contributed by atoms with Crippen molar-refractivity contribution in [2.24, 2.45) is 0 Å². The third-order valence-corrected chi connectivity index (χ3v) is 5.29. The Labute approximate surface area is 122 Å². The van der Waals surface area contributed by atoms with Gasteiger partial charge in [0.2, 0.25) is 10.0 Å². The highest BCUT2D eigenvalue weighted by atomic mass is 32.2. The van der Waals surface area contributed by atoms with E-state index in [9.17, 15) is 21.6 Å². The Bertz CT molecular complexity index is 748. The molecular formula is C10H17N3O6S2. The number of hydrogen-bond donors (Lipinski definition) is 2. The van der Waals surface area contributed by atoms with Crippen LogP contribution >= 0.6 is 0 Å². The molecular weight excluding hydrogens is 322 g/mol. The van der Waals surface area contributed by atoms with Gasteiger partial charge in [0, 0.05) is 12.8 Å². The van der Waals surface area contributed by atoms with Gasteiger partial charge in [-0.25, -0.2) is 21.6 Å². The van der Waals surface area contributed by atoms with Gasteiger partial charge in [0.15, 0.2) is 0 Å². The molecule has 120 valence electrons. The van der Waals surface area contributed by atoms with Crippen LogP contribution in [0.1, 0.15) is 11.4 Å². The van der Waals surface area contributed by atoms with E-state index in [4.69, 9.17) is 5.11 Å². The monoisotopic (exact) mass is 339 g/mol. The lowest BCUT2D eigenvalue weighted by atomic mass is 10.4. The van der Waals surface area contributed by atoms with Crippen molar-refractivity contribution < 1.29 is 26.7 Å². The lowest BCUT2D eigenvalue weighted by molar-refractivity contribution is -0.137. The molecule has 0 radical (unpaired) electrons. The van der Waals surface area contributed by atoms with Gasteiger partial charge in [-0.15, -0.1) is 0 Å². The Morgan fingerprint density at radius 1 is 1.29 bits per heavy atom. The van der Waals surface area contributed by atoms with E-state index in [-0.39, 0.29) is 28.6 Å². The molecule has 0 amide bonds. The van der Waals surface area contributed by atoms with Crippen molar-refractivity contribution >= 4 is 25.8 Å². The van der Waals surface area contributed by atoms with Gasteiger partial charge in [-0.05, 0) is 13.8 Å². The summed E-state index contributed by atoms with van der Waals surface area (Å²) >= 11 is 0. The van der Waals surface area contributed by atoms with Gasteiger partial charge in [0.05, 0.1) is 17.1 Å². The number of aryl methyl sites for hydroxylation is 1. The second-order valence-corrected chi connectivity index (χ2v) is 8.54. The first-order valence-electron chi connectivity index (χ1n) is 5.87. The lowest BCUT2D eigenvalue weighted by Gasteiger charge is -2.07. The summed E-state index contributed by atoms with van der Waals surface area (Å²) in [6.45, 7) is 2.17. The third-order valence-electron chi connectivity index (χ3n) is 2.63. The maximum atomic E-state index is 12.2. The average molecular weight is 339 g/mol. The minimum absolute atomic E-state index is 0.128. The highest BCUT2D eigenvalue weighted by molar-refractivity contribution is 7.91. The summed E-state index contributed by atoms with van der Waals surface area (Å²) in [5.41, 5.74) is 0.336. The number of aromatic nitrogens is 2. The molecule has 0 saturated carbocycles. The fourth-order valence-corrected chi connectivity index (χ4v) is 3.83. The number of carboxylic acids is 1. The maximum Gasteiger partial charge on any atom is 0.325 e. The fraction of sp³-hybridized carbons (Fsp3) is 0.600. The summed E-state index contributed by atoms with van der Waals surface area (Å²) in [4.78, 5) is 10.6. The van der Waals surface area contributed by atoms with E-state index >= 15 is 0 Å². The summed E-state index contributed by atoms with van der Waals surface area (Å²) in [7, 11) is -7.23. The van der Waals surface area contributed by atoms with Crippen LogP contribution < -0.4 is 4.72 Å². The number of carbonyl (C=O) groups is 1. The van der Waals surface area contributed by atoms with E-state index < -0.39 is 32.4 Å². The van der Waals surface area contributed by atoms with Crippen LogP contribution in [0.3, 0.4) is 0 Å². The molecule has 1 rings (SSSR count). The first kappa shape index (κ1) is 17.6. The van der Waals surface area contributed by atoms with Gasteiger partial charge in [-0.1, -0.05) is 0 Å². The zero-order valence-electron chi connectivity index (χ0n) is 11.8. The Morgan fingerprint density at radius 3 is 2.33 bits per heavy atom. The maximum absolute atomic E-state index is 12.2. The molecule has 11 heteroatoms. The highest BCUT2D eigenvalue weighted by Crippen LogP contribution is 2.19. The lowest BCUT2D eigenvalue weighted by Crippen LogP contribution is -2.29. The predicted octanol–water partition coefficient (Wildman–Crippen LogP) is -1.09. The predicted molar refractivity (Wildman–Crippen MR) is 74.2 cm³/mol. The van der Waals surface area contributed by atoms with E-state index in [2.05, 4.69) is 9.82 Å². The molecule has 0 saturated heterocycles. The van der Waals surface area contributed by atoms with Crippen LogP contribution in [0.4, 0.5) is 0 Å². The molecule has 9 nitrogen and oxygen atoms in total. The molecule has 1 aromatic rings. The molecule has 0 aromatic carbocycles. The Kier molecular flexibility index (Phi) is 5.12. The summed E-state index contributed by atoms with van der Waals surface area (Å²) in [6.07, 6.45) is 1.00. The fourth-order valence-electron chi connectivity index (χ4n) is 1.79. The molecule has 21 heavy (non-hydrogen) atoms. The van der Waals surface area contributed by atoms with Gasteiger partial charge < -0.3 is 5.11 Å². The van der Waals surface area contributed by atoms with Crippen molar-refractivity contribution in [3.05, 3.63) is 11.4 Å². The minimum Gasteiger partial charge on any atom is -0.480 e. The van der Waals surface area contributed by atoms with Gasteiger partial charge in [0.25, 0.3) is 0 Å². The quantitative estimate of drug-likeness (QED) is 0.644. The zero-order valence-corrected chi connectivity index (χ0v) is 13.5. The van der Waals surface area contributed by atoms with Crippen molar-refractivity contribution in [1.29, 1.82) is 0 Å². The number of nitrogens with one attached hydrogen (secondary N) is 1.